The lowest BCUT2D eigenvalue weighted by atomic mass is 10.1. The fourth-order valence-electron chi connectivity index (χ4n) is 3.39. The second-order valence-corrected chi connectivity index (χ2v) is 7.01. The van der Waals surface area contributed by atoms with E-state index in [1.807, 2.05) is 53.4 Å². The van der Waals surface area contributed by atoms with Gasteiger partial charge in [-0.3, -0.25) is 4.79 Å². The second-order valence-electron chi connectivity index (χ2n) is 6.57. The van der Waals surface area contributed by atoms with Crippen molar-refractivity contribution in [1.82, 2.24) is 4.98 Å². The number of para-hydroxylation sites is 1. The molecule has 5 heteroatoms. The van der Waals surface area contributed by atoms with Crippen LogP contribution in [0, 0.1) is 0 Å². The number of amides is 1. The molecule has 2 aromatic carbocycles. The van der Waals surface area contributed by atoms with Crippen LogP contribution in [-0.4, -0.2) is 24.0 Å². The Balaban J connectivity index is 1.42. The van der Waals surface area contributed by atoms with E-state index in [4.69, 9.17) is 11.6 Å². The summed E-state index contributed by atoms with van der Waals surface area (Å²) in [6, 6.07) is 19.5. The summed E-state index contributed by atoms with van der Waals surface area (Å²) >= 11 is 6.02. The number of nitrogens with one attached hydrogen (secondary N) is 1. The maximum absolute atomic E-state index is 13.0. The van der Waals surface area contributed by atoms with Crippen LogP contribution in [0.5, 0.6) is 0 Å². The second kappa shape index (κ2) is 7.80. The maximum atomic E-state index is 13.0. The van der Waals surface area contributed by atoms with Gasteiger partial charge in [0.25, 0.3) is 5.91 Å². The van der Waals surface area contributed by atoms with Crippen LogP contribution >= 0.6 is 11.6 Å². The number of carbonyl (C=O) groups is 1. The predicted octanol–water partition coefficient (Wildman–Crippen LogP) is 4.59. The lowest BCUT2D eigenvalue weighted by Crippen LogP contribution is -2.29. The van der Waals surface area contributed by atoms with Crippen molar-refractivity contribution >= 4 is 29.0 Å². The van der Waals surface area contributed by atoms with Crippen molar-refractivity contribution in [2.75, 3.05) is 23.3 Å². The molecule has 2 heterocycles. The normalized spacial score (nSPS) is 12.7. The Morgan fingerprint density at radius 3 is 2.89 bits per heavy atom. The van der Waals surface area contributed by atoms with E-state index < -0.39 is 0 Å². The molecule has 0 spiro atoms. The average molecular weight is 378 g/mol. The molecule has 136 valence electrons. The molecular formula is C22H20ClN3O. The molecule has 0 fully saturated rings. The zero-order valence-corrected chi connectivity index (χ0v) is 15.6. The highest BCUT2D eigenvalue weighted by atomic mass is 35.5. The quantitative estimate of drug-likeness (QED) is 0.707. The third kappa shape index (κ3) is 3.96. The molecule has 27 heavy (non-hydrogen) atoms. The standard InChI is InChI=1S/C22H20ClN3O/c23-19-6-3-4-16(14-19)8-11-24-21-15-18(9-12-25-21)22(27)26-13-10-17-5-1-2-7-20(17)26/h1-7,9,12,14-15H,8,10-11,13H2,(H,24,25). The smallest absolute Gasteiger partial charge is 0.258 e. The molecule has 0 bridgehead atoms. The largest absolute Gasteiger partial charge is 0.370 e. The summed E-state index contributed by atoms with van der Waals surface area (Å²) < 4.78 is 0. The van der Waals surface area contributed by atoms with Crippen LogP contribution in [-0.2, 0) is 12.8 Å². The highest BCUT2D eigenvalue weighted by Crippen LogP contribution is 2.29. The number of hydrogen-bond acceptors (Lipinski definition) is 3. The van der Waals surface area contributed by atoms with E-state index in [1.54, 1.807) is 12.3 Å². The van der Waals surface area contributed by atoms with Crippen molar-refractivity contribution in [3.8, 4) is 0 Å². The number of carbonyl (C=O) groups excluding carboxylic acids is 1. The van der Waals surface area contributed by atoms with Gasteiger partial charge in [-0.1, -0.05) is 41.9 Å². The van der Waals surface area contributed by atoms with Crippen LogP contribution in [0.2, 0.25) is 5.02 Å². The summed E-state index contributed by atoms with van der Waals surface area (Å²) in [5.41, 5.74) is 4.04. The third-order valence-corrected chi connectivity index (χ3v) is 4.98. The van der Waals surface area contributed by atoms with Crippen molar-refractivity contribution in [3.63, 3.8) is 0 Å². The first-order valence-electron chi connectivity index (χ1n) is 9.05. The summed E-state index contributed by atoms with van der Waals surface area (Å²) in [7, 11) is 0. The molecule has 4 rings (SSSR count). The molecule has 3 aromatic rings. The summed E-state index contributed by atoms with van der Waals surface area (Å²) in [6.07, 6.45) is 3.41. The van der Waals surface area contributed by atoms with Gasteiger partial charge in [0.2, 0.25) is 0 Å². The Bertz CT molecular complexity index is 973. The first kappa shape index (κ1) is 17.6. The van der Waals surface area contributed by atoms with Crippen LogP contribution in [0.1, 0.15) is 21.5 Å². The molecule has 0 atom stereocenters. The van der Waals surface area contributed by atoms with Gasteiger partial charge in [-0.05, 0) is 54.3 Å². The lowest BCUT2D eigenvalue weighted by molar-refractivity contribution is 0.0989. The van der Waals surface area contributed by atoms with Crippen LogP contribution in [0.15, 0.2) is 66.9 Å². The van der Waals surface area contributed by atoms with Gasteiger partial charge >= 0.3 is 0 Å². The molecule has 1 aromatic heterocycles. The molecule has 0 unspecified atom stereocenters. The Kier molecular flexibility index (Phi) is 5.07. The molecular weight excluding hydrogens is 358 g/mol. The Morgan fingerprint density at radius 1 is 1.11 bits per heavy atom. The number of hydrogen-bond donors (Lipinski definition) is 1. The highest BCUT2D eigenvalue weighted by molar-refractivity contribution is 6.30. The van der Waals surface area contributed by atoms with Gasteiger partial charge in [-0.2, -0.15) is 0 Å². The van der Waals surface area contributed by atoms with E-state index >= 15 is 0 Å². The molecule has 1 aliphatic heterocycles. The van der Waals surface area contributed by atoms with E-state index in [-0.39, 0.29) is 5.91 Å². The van der Waals surface area contributed by atoms with Crippen molar-refractivity contribution in [2.45, 2.75) is 12.8 Å². The van der Waals surface area contributed by atoms with Gasteiger partial charge in [0.05, 0.1) is 0 Å². The summed E-state index contributed by atoms with van der Waals surface area (Å²) in [6.45, 7) is 1.44. The third-order valence-electron chi connectivity index (χ3n) is 4.75. The molecule has 1 amide bonds. The number of benzene rings is 2. The van der Waals surface area contributed by atoms with E-state index in [0.29, 0.717) is 11.4 Å². The van der Waals surface area contributed by atoms with Crippen LogP contribution in [0.3, 0.4) is 0 Å². The van der Waals surface area contributed by atoms with Gasteiger partial charge in [-0.25, -0.2) is 4.98 Å². The Labute approximate surface area is 163 Å². The fraction of sp³-hybridized carbons (Fsp3) is 0.182. The van der Waals surface area contributed by atoms with Gasteiger partial charge in [0.1, 0.15) is 5.82 Å². The van der Waals surface area contributed by atoms with Crippen LogP contribution < -0.4 is 10.2 Å². The number of pyridine rings is 1. The number of aromatic nitrogens is 1. The first-order chi connectivity index (χ1) is 13.2. The highest BCUT2D eigenvalue weighted by Gasteiger charge is 2.25. The van der Waals surface area contributed by atoms with E-state index in [9.17, 15) is 4.79 Å². The number of nitrogens with zero attached hydrogens (tertiary/aromatic N) is 2. The molecule has 0 saturated heterocycles. The van der Waals surface area contributed by atoms with E-state index in [1.165, 1.54) is 5.56 Å². The predicted molar refractivity (Wildman–Crippen MR) is 110 cm³/mol. The van der Waals surface area contributed by atoms with Gasteiger partial charge < -0.3 is 10.2 Å². The molecule has 4 nitrogen and oxygen atoms in total. The SMILES string of the molecule is O=C(c1ccnc(NCCc2cccc(Cl)c2)c1)N1CCc2ccccc21. The number of anilines is 2. The van der Waals surface area contributed by atoms with E-state index in [2.05, 4.69) is 16.4 Å². The number of rotatable bonds is 5. The van der Waals surface area contributed by atoms with Gasteiger partial charge in [0, 0.05) is 35.6 Å². The summed E-state index contributed by atoms with van der Waals surface area (Å²) in [5, 5.41) is 4.03. The fourth-order valence-corrected chi connectivity index (χ4v) is 3.61. The zero-order valence-electron chi connectivity index (χ0n) is 14.9. The Morgan fingerprint density at radius 2 is 2.00 bits per heavy atom. The van der Waals surface area contributed by atoms with E-state index in [0.717, 1.165) is 42.2 Å². The zero-order chi connectivity index (χ0) is 18.6. The Hall–Kier alpha value is -2.85. The minimum Gasteiger partial charge on any atom is -0.370 e. The lowest BCUT2D eigenvalue weighted by Gasteiger charge is -2.17. The van der Waals surface area contributed by atoms with Crippen molar-refractivity contribution in [2.24, 2.45) is 0 Å². The van der Waals surface area contributed by atoms with Crippen molar-refractivity contribution < 1.29 is 4.79 Å². The topological polar surface area (TPSA) is 45.2 Å². The van der Waals surface area contributed by atoms with Gasteiger partial charge in [0.15, 0.2) is 0 Å². The summed E-state index contributed by atoms with van der Waals surface area (Å²) in [5.74, 6) is 0.718. The molecule has 1 aliphatic rings. The monoisotopic (exact) mass is 377 g/mol. The minimum atomic E-state index is 0.0141. The molecule has 1 N–H and O–H groups in total. The number of halogens is 1. The molecule has 0 radical (unpaired) electrons. The maximum Gasteiger partial charge on any atom is 0.258 e. The minimum absolute atomic E-state index is 0.0141. The van der Waals surface area contributed by atoms with Crippen LogP contribution in [0.4, 0.5) is 11.5 Å². The average Bonchev–Trinajstić information content (AvgIpc) is 3.12. The first-order valence-corrected chi connectivity index (χ1v) is 9.43. The van der Waals surface area contributed by atoms with Gasteiger partial charge in [-0.15, -0.1) is 0 Å². The molecule has 0 saturated carbocycles. The summed E-state index contributed by atoms with van der Waals surface area (Å²) in [4.78, 5) is 19.1. The van der Waals surface area contributed by atoms with Crippen LogP contribution in [0.25, 0.3) is 0 Å². The van der Waals surface area contributed by atoms with Crippen molar-refractivity contribution in [3.05, 3.63) is 88.6 Å². The van der Waals surface area contributed by atoms with Crippen molar-refractivity contribution in [1.29, 1.82) is 0 Å². The number of fused-ring (bicyclic) bond motifs is 1. The molecule has 0 aliphatic carbocycles.